The van der Waals surface area contributed by atoms with Crippen molar-refractivity contribution < 1.29 is 19.4 Å². The van der Waals surface area contributed by atoms with Crippen LogP contribution in [0.1, 0.15) is 41.0 Å². The maximum Gasteiger partial charge on any atom is 0.261 e. The zero-order valence-electron chi connectivity index (χ0n) is 13.2. The van der Waals surface area contributed by atoms with Crippen molar-refractivity contribution in [3.05, 3.63) is 41.5 Å². The molecule has 1 aliphatic heterocycles. The van der Waals surface area contributed by atoms with Gasteiger partial charge in [-0.15, -0.1) is 0 Å². The van der Waals surface area contributed by atoms with Crippen molar-refractivity contribution >= 4 is 22.6 Å². The molecule has 0 radical (unpaired) electrons. The van der Waals surface area contributed by atoms with Crippen LogP contribution in [-0.4, -0.2) is 41.1 Å². The van der Waals surface area contributed by atoms with E-state index in [0.717, 1.165) is 0 Å². The van der Waals surface area contributed by atoms with Crippen LogP contribution in [0.3, 0.4) is 0 Å². The van der Waals surface area contributed by atoms with Gasteiger partial charge in [0.05, 0.1) is 6.10 Å². The van der Waals surface area contributed by atoms with Crippen molar-refractivity contribution in [1.82, 2.24) is 4.90 Å². The first-order chi connectivity index (χ1) is 11.0. The summed E-state index contributed by atoms with van der Waals surface area (Å²) in [5.74, 6) is -0.559. The van der Waals surface area contributed by atoms with Crippen LogP contribution < -0.4 is 0 Å². The molecule has 1 heterocycles. The molecule has 0 spiro atoms. The third kappa shape index (κ3) is 2.68. The van der Waals surface area contributed by atoms with Crippen molar-refractivity contribution in [3.63, 3.8) is 0 Å². The van der Waals surface area contributed by atoms with E-state index in [2.05, 4.69) is 0 Å². The number of aromatic hydroxyl groups is 1. The number of ether oxygens (including phenoxy) is 1. The van der Waals surface area contributed by atoms with Gasteiger partial charge >= 0.3 is 0 Å². The second-order valence-electron chi connectivity index (χ2n) is 5.90. The summed E-state index contributed by atoms with van der Waals surface area (Å²) in [6.07, 6.45) is 0.721. The van der Waals surface area contributed by atoms with Gasteiger partial charge in [0.1, 0.15) is 5.75 Å². The highest BCUT2D eigenvalue weighted by atomic mass is 16.5. The molecule has 3 rings (SSSR count). The Labute approximate surface area is 134 Å². The summed E-state index contributed by atoms with van der Waals surface area (Å²) in [5.41, 5.74) is 0.913. The second kappa shape index (κ2) is 6.01. The molecule has 2 aromatic carbocycles. The molecule has 5 nitrogen and oxygen atoms in total. The quantitative estimate of drug-likeness (QED) is 0.681. The number of phenolic OH excluding ortho intramolecular Hbond substituents is 1. The van der Waals surface area contributed by atoms with Crippen LogP contribution in [0.2, 0.25) is 0 Å². The normalized spacial score (nSPS) is 14.1. The lowest BCUT2D eigenvalue weighted by Gasteiger charge is -2.27. The fraction of sp³-hybridized carbons (Fsp3) is 0.333. The Morgan fingerprint density at radius 3 is 2.48 bits per heavy atom. The number of imide groups is 1. The van der Waals surface area contributed by atoms with Gasteiger partial charge in [0, 0.05) is 35.1 Å². The van der Waals surface area contributed by atoms with Gasteiger partial charge in [0.2, 0.25) is 0 Å². The number of rotatable bonds is 5. The first-order valence-corrected chi connectivity index (χ1v) is 7.73. The summed E-state index contributed by atoms with van der Waals surface area (Å²) in [7, 11) is 0. The van der Waals surface area contributed by atoms with Crippen LogP contribution in [0.5, 0.6) is 5.75 Å². The zero-order chi connectivity index (χ0) is 16.6. The Morgan fingerprint density at radius 2 is 1.78 bits per heavy atom. The molecule has 0 bridgehead atoms. The molecule has 1 aliphatic rings. The van der Waals surface area contributed by atoms with Crippen LogP contribution in [0.15, 0.2) is 30.3 Å². The second-order valence-corrected chi connectivity index (χ2v) is 5.90. The fourth-order valence-electron chi connectivity index (χ4n) is 2.88. The average molecular weight is 313 g/mol. The van der Waals surface area contributed by atoms with Crippen molar-refractivity contribution in [2.24, 2.45) is 0 Å². The minimum absolute atomic E-state index is 0.0741. The number of hydrogen-bond donors (Lipinski definition) is 1. The molecule has 2 amide bonds. The Balaban J connectivity index is 1.92. The number of hydrogen-bond acceptors (Lipinski definition) is 4. The van der Waals surface area contributed by atoms with Gasteiger partial charge < -0.3 is 9.84 Å². The van der Waals surface area contributed by atoms with E-state index in [9.17, 15) is 14.7 Å². The van der Waals surface area contributed by atoms with E-state index in [1.165, 1.54) is 11.0 Å². The van der Waals surface area contributed by atoms with Crippen LogP contribution in [0.25, 0.3) is 10.8 Å². The van der Waals surface area contributed by atoms with Gasteiger partial charge in [-0.2, -0.15) is 0 Å². The first kappa shape index (κ1) is 15.5. The molecule has 1 N–H and O–H groups in total. The minimum Gasteiger partial charge on any atom is -0.507 e. The van der Waals surface area contributed by atoms with E-state index in [-0.39, 0.29) is 23.7 Å². The van der Waals surface area contributed by atoms with Crippen molar-refractivity contribution in [1.29, 1.82) is 0 Å². The molecule has 23 heavy (non-hydrogen) atoms. The average Bonchev–Trinajstić information content (AvgIpc) is 2.53. The van der Waals surface area contributed by atoms with E-state index in [1.54, 1.807) is 24.3 Å². The smallest absolute Gasteiger partial charge is 0.261 e. The maximum atomic E-state index is 12.6. The number of nitrogens with zero attached hydrogens (tertiary/aromatic N) is 1. The molecule has 0 fully saturated rings. The summed E-state index contributed by atoms with van der Waals surface area (Å²) >= 11 is 0. The Kier molecular flexibility index (Phi) is 4.05. The number of phenols is 1. The van der Waals surface area contributed by atoms with E-state index < -0.39 is 0 Å². The van der Waals surface area contributed by atoms with Crippen LogP contribution >= 0.6 is 0 Å². The van der Waals surface area contributed by atoms with Crippen molar-refractivity contribution in [3.8, 4) is 5.75 Å². The van der Waals surface area contributed by atoms with Gasteiger partial charge in [-0.05, 0) is 38.5 Å². The molecule has 5 heteroatoms. The molecule has 0 aromatic heterocycles. The highest BCUT2D eigenvalue weighted by molar-refractivity contribution is 6.26. The van der Waals surface area contributed by atoms with Gasteiger partial charge in [0.15, 0.2) is 0 Å². The predicted molar refractivity (Wildman–Crippen MR) is 86.7 cm³/mol. The Hall–Kier alpha value is -2.40. The maximum absolute atomic E-state index is 12.6. The first-order valence-electron chi connectivity index (χ1n) is 7.73. The van der Waals surface area contributed by atoms with Crippen LogP contribution in [0.4, 0.5) is 0 Å². The molecule has 0 saturated carbocycles. The Bertz CT molecular complexity index is 760. The largest absolute Gasteiger partial charge is 0.507 e. The summed E-state index contributed by atoms with van der Waals surface area (Å²) in [6.45, 7) is 4.71. The van der Waals surface area contributed by atoms with E-state index in [0.29, 0.717) is 41.5 Å². The Morgan fingerprint density at radius 1 is 1.09 bits per heavy atom. The predicted octanol–water partition coefficient (Wildman–Crippen LogP) is 2.96. The number of benzene rings is 2. The summed E-state index contributed by atoms with van der Waals surface area (Å²) in [6, 6.07) is 8.19. The molecular formula is C18H19NO4. The zero-order valence-corrected chi connectivity index (χ0v) is 13.2. The molecule has 120 valence electrons. The van der Waals surface area contributed by atoms with E-state index in [1.807, 2.05) is 13.8 Å². The standard InChI is InChI=1S/C18H19NO4/c1-11(2)23-10-4-9-19-17(21)13-6-3-5-12-15(20)8-7-14(16(12)13)18(19)22/h3,5-8,11,20H,4,9-10H2,1-2H3. The lowest BCUT2D eigenvalue weighted by molar-refractivity contribution is 0.0533. The molecule has 0 unspecified atom stereocenters. The molecule has 0 saturated heterocycles. The van der Waals surface area contributed by atoms with Gasteiger partial charge in [-0.3, -0.25) is 14.5 Å². The third-order valence-corrected chi connectivity index (χ3v) is 3.95. The van der Waals surface area contributed by atoms with Crippen molar-refractivity contribution in [2.75, 3.05) is 13.2 Å². The third-order valence-electron chi connectivity index (χ3n) is 3.95. The van der Waals surface area contributed by atoms with Gasteiger partial charge in [0.25, 0.3) is 11.8 Å². The lowest BCUT2D eigenvalue weighted by Crippen LogP contribution is -2.41. The van der Waals surface area contributed by atoms with E-state index >= 15 is 0 Å². The fourth-order valence-corrected chi connectivity index (χ4v) is 2.88. The van der Waals surface area contributed by atoms with Gasteiger partial charge in [-0.25, -0.2) is 0 Å². The molecule has 0 atom stereocenters. The number of amides is 2. The molecular weight excluding hydrogens is 294 g/mol. The summed E-state index contributed by atoms with van der Waals surface area (Å²) in [4.78, 5) is 26.5. The van der Waals surface area contributed by atoms with E-state index in [4.69, 9.17) is 4.74 Å². The highest BCUT2D eigenvalue weighted by Crippen LogP contribution is 2.34. The SMILES string of the molecule is CC(C)OCCCN1C(=O)c2cccc3c(O)ccc(c23)C1=O. The van der Waals surface area contributed by atoms with Gasteiger partial charge in [-0.1, -0.05) is 12.1 Å². The van der Waals surface area contributed by atoms with Crippen LogP contribution in [-0.2, 0) is 4.74 Å². The molecule has 0 aliphatic carbocycles. The minimum atomic E-state index is -0.316. The number of carbonyl (C=O) groups excluding carboxylic acids is 2. The summed E-state index contributed by atoms with van der Waals surface area (Å²) in [5, 5.41) is 11.0. The molecule has 2 aromatic rings. The highest BCUT2D eigenvalue weighted by Gasteiger charge is 2.32. The number of carbonyl (C=O) groups is 2. The van der Waals surface area contributed by atoms with Crippen molar-refractivity contribution in [2.45, 2.75) is 26.4 Å². The van der Waals surface area contributed by atoms with Crippen LogP contribution in [0, 0.1) is 0 Å². The topological polar surface area (TPSA) is 66.8 Å². The monoisotopic (exact) mass is 313 g/mol. The summed E-state index contributed by atoms with van der Waals surface area (Å²) < 4.78 is 5.46. The lowest BCUT2D eigenvalue weighted by atomic mass is 9.93.